The predicted molar refractivity (Wildman–Crippen MR) is 83.0 cm³/mol. The lowest BCUT2D eigenvalue weighted by Crippen LogP contribution is -2.42. The lowest BCUT2D eigenvalue weighted by atomic mass is 9.81. The van der Waals surface area contributed by atoms with E-state index in [-0.39, 0.29) is 0 Å². The third kappa shape index (κ3) is 3.96. The van der Waals surface area contributed by atoms with Crippen LogP contribution >= 0.6 is 0 Å². The van der Waals surface area contributed by atoms with Gasteiger partial charge in [0.15, 0.2) is 0 Å². The van der Waals surface area contributed by atoms with Crippen molar-refractivity contribution < 1.29 is 9.47 Å². The number of hydrogen-bond acceptors (Lipinski definition) is 3. The fourth-order valence-electron chi connectivity index (χ4n) is 3.99. The topological polar surface area (TPSA) is 30.5 Å². The summed E-state index contributed by atoms with van der Waals surface area (Å²) >= 11 is 0. The monoisotopic (exact) mass is 283 g/mol. The van der Waals surface area contributed by atoms with Crippen molar-refractivity contribution in [1.29, 1.82) is 0 Å². The standard InChI is InChI=1S/C17H33NO2/c1-5-10-18-16(9-8-15-7-6-11-19-15)17-12(2)13(3)20-14(17)4/h12-18H,5-11H2,1-4H3. The molecule has 2 fully saturated rings. The average molecular weight is 283 g/mol. The largest absolute Gasteiger partial charge is 0.378 e. The molecule has 0 spiro atoms. The van der Waals surface area contributed by atoms with E-state index < -0.39 is 0 Å². The van der Waals surface area contributed by atoms with Crippen LogP contribution < -0.4 is 5.32 Å². The maximum absolute atomic E-state index is 6.05. The Hall–Kier alpha value is -0.120. The summed E-state index contributed by atoms with van der Waals surface area (Å²) in [6, 6.07) is 0.578. The Labute approximate surface area is 124 Å². The van der Waals surface area contributed by atoms with E-state index in [2.05, 4.69) is 33.0 Å². The maximum atomic E-state index is 6.05. The first kappa shape index (κ1) is 16.3. The van der Waals surface area contributed by atoms with Gasteiger partial charge in [0.25, 0.3) is 0 Å². The van der Waals surface area contributed by atoms with E-state index in [9.17, 15) is 0 Å². The first-order chi connectivity index (χ1) is 9.63. The zero-order valence-corrected chi connectivity index (χ0v) is 13.7. The Morgan fingerprint density at radius 3 is 2.55 bits per heavy atom. The molecule has 0 radical (unpaired) electrons. The summed E-state index contributed by atoms with van der Waals surface area (Å²) in [5.41, 5.74) is 0. The molecular formula is C17H33NO2. The SMILES string of the molecule is CCCNC(CCC1CCCO1)C1C(C)OC(C)C1C. The molecule has 0 aromatic heterocycles. The third-order valence-electron chi connectivity index (χ3n) is 5.26. The smallest absolute Gasteiger partial charge is 0.0597 e. The molecule has 2 aliphatic heterocycles. The highest BCUT2D eigenvalue weighted by Gasteiger charge is 2.41. The minimum absolute atomic E-state index is 0.374. The van der Waals surface area contributed by atoms with Gasteiger partial charge in [-0.3, -0.25) is 0 Å². The Kier molecular flexibility index (Phi) is 6.31. The van der Waals surface area contributed by atoms with Crippen molar-refractivity contribution in [2.75, 3.05) is 13.2 Å². The van der Waals surface area contributed by atoms with Crippen molar-refractivity contribution in [1.82, 2.24) is 5.32 Å². The van der Waals surface area contributed by atoms with Crippen molar-refractivity contribution in [3.8, 4) is 0 Å². The van der Waals surface area contributed by atoms with Crippen LogP contribution in [0.1, 0.15) is 59.8 Å². The number of rotatable bonds is 7. The van der Waals surface area contributed by atoms with E-state index >= 15 is 0 Å². The van der Waals surface area contributed by atoms with Gasteiger partial charge in [0.1, 0.15) is 0 Å². The van der Waals surface area contributed by atoms with Gasteiger partial charge in [-0.15, -0.1) is 0 Å². The van der Waals surface area contributed by atoms with Gasteiger partial charge in [-0.2, -0.15) is 0 Å². The lowest BCUT2D eigenvalue weighted by molar-refractivity contribution is 0.0455. The van der Waals surface area contributed by atoms with Gasteiger partial charge < -0.3 is 14.8 Å². The Morgan fingerprint density at radius 1 is 1.20 bits per heavy atom. The van der Waals surface area contributed by atoms with Gasteiger partial charge in [-0.05, 0) is 58.4 Å². The number of ether oxygens (including phenoxy) is 2. The Bertz CT molecular complexity index is 278. The molecule has 118 valence electrons. The molecule has 1 N–H and O–H groups in total. The molecule has 0 aromatic rings. The highest BCUT2D eigenvalue weighted by molar-refractivity contribution is 4.92. The molecule has 2 aliphatic rings. The molecule has 0 aliphatic carbocycles. The third-order valence-corrected chi connectivity index (χ3v) is 5.26. The summed E-state index contributed by atoms with van der Waals surface area (Å²) in [6.45, 7) is 11.1. The van der Waals surface area contributed by atoms with Gasteiger partial charge in [0.2, 0.25) is 0 Å². The highest BCUT2D eigenvalue weighted by Crippen LogP contribution is 2.36. The van der Waals surface area contributed by atoms with Crippen molar-refractivity contribution in [2.45, 2.75) is 84.2 Å². The molecule has 20 heavy (non-hydrogen) atoms. The van der Waals surface area contributed by atoms with Crippen LogP contribution in [0, 0.1) is 11.8 Å². The lowest BCUT2D eigenvalue weighted by Gasteiger charge is -2.30. The Balaban J connectivity index is 1.91. The Morgan fingerprint density at radius 2 is 2.00 bits per heavy atom. The average Bonchev–Trinajstić information content (AvgIpc) is 3.01. The van der Waals surface area contributed by atoms with Gasteiger partial charge >= 0.3 is 0 Å². The van der Waals surface area contributed by atoms with E-state index in [4.69, 9.17) is 9.47 Å². The zero-order chi connectivity index (χ0) is 14.5. The molecule has 0 saturated carbocycles. The van der Waals surface area contributed by atoms with Crippen molar-refractivity contribution in [2.24, 2.45) is 11.8 Å². The van der Waals surface area contributed by atoms with Gasteiger partial charge in [0.05, 0.1) is 18.3 Å². The minimum Gasteiger partial charge on any atom is -0.378 e. The van der Waals surface area contributed by atoms with E-state index in [0.717, 1.165) is 13.2 Å². The summed E-state index contributed by atoms with van der Waals surface area (Å²) in [5.74, 6) is 1.28. The van der Waals surface area contributed by atoms with Crippen LogP contribution in [-0.2, 0) is 9.47 Å². The summed E-state index contributed by atoms with van der Waals surface area (Å²) in [5, 5.41) is 3.78. The molecule has 0 bridgehead atoms. The van der Waals surface area contributed by atoms with Crippen molar-refractivity contribution >= 4 is 0 Å². The van der Waals surface area contributed by atoms with Crippen LogP contribution in [0.25, 0.3) is 0 Å². The fourth-order valence-corrected chi connectivity index (χ4v) is 3.99. The van der Waals surface area contributed by atoms with Crippen LogP contribution in [0.5, 0.6) is 0 Å². The normalized spacial score (nSPS) is 39.3. The molecule has 3 nitrogen and oxygen atoms in total. The van der Waals surface area contributed by atoms with E-state index in [0.29, 0.717) is 36.2 Å². The molecule has 6 unspecified atom stereocenters. The summed E-state index contributed by atoms with van der Waals surface area (Å²) in [7, 11) is 0. The van der Waals surface area contributed by atoms with E-state index in [1.807, 2.05) is 0 Å². The quantitative estimate of drug-likeness (QED) is 0.777. The molecule has 2 rings (SSSR count). The van der Waals surface area contributed by atoms with Crippen LogP contribution in [0.4, 0.5) is 0 Å². The van der Waals surface area contributed by atoms with Crippen LogP contribution in [0.3, 0.4) is 0 Å². The van der Waals surface area contributed by atoms with Crippen LogP contribution in [0.2, 0.25) is 0 Å². The molecule has 0 aromatic carbocycles. The first-order valence-electron chi connectivity index (χ1n) is 8.64. The van der Waals surface area contributed by atoms with E-state index in [1.54, 1.807) is 0 Å². The van der Waals surface area contributed by atoms with Crippen molar-refractivity contribution in [3.63, 3.8) is 0 Å². The molecule has 3 heteroatoms. The van der Waals surface area contributed by atoms with Gasteiger partial charge in [0, 0.05) is 18.6 Å². The summed E-state index contributed by atoms with van der Waals surface area (Å²) in [4.78, 5) is 0. The zero-order valence-electron chi connectivity index (χ0n) is 13.7. The van der Waals surface area contributed by atoms with Crippen molar-refractivity contribution in [3.05, 3.63) is 0 Å². The summed E-state index contributed by atoms with van der Waals surface area (Å²) < 4.78 is 11.8. The van der Waals surface area contributed by atoms with Gasteiger partial charge in [-0.25, -0.2) is 0 Å². The highest BCUT2D eigenvalue weighted by atomic mass is 16.5. The minimum atomic E-state index is 0.374. The van der Waals surface area contributed by atoms with Crippen LogP contribution in [0.15, 0.2) is 0 Å². The molecule has 2 saturated heterocycles. The second-order valence-electron chi connectivity index (χ2n) is 6.76. The summed E-state index contributed by atoms with van der Waals surface area (Å²) in [6.07, 6.45) is 7.39. The number of hydrogen-bond donors (Lipinski definition) is 1. The molecule has 6 atom stereocenters. The maximum Gasteiger partial charge on any atom is 0.0597 e. The number of nitrogens with one attached hydrogen (secondary N) is 1. The molecule has 2 heterocycles. The molecule has 0 amide bonds. The van der Waals surface area contributed by atoms with Crippen LogP contribution in [-0.4, -0.2) is 37.5 Å². The predicted octanol–water partition coefficient (Wildman–Crippen LogP) is 3.37. The van der Waals surface area contributed by atoms with E-state index in [1.165, 1.54) is 32.1 Å². The first-order valence-corrected chi connectivity index (χ1v) is 8.64. The second-order valence-corrected chi connectivity index (χ2v) is 6.76. The van der Waals surface area contributed by atoms with Gasteiger partial charge in [-0.1, -0.05) is 13.8 Å². The second kappa shape index (κ2) is 7.77. The fraction of sp³-hybridized carbons (Fsp3) is 1.00. The molecular weight excluding hydrogens is 250 g/mol.